The van der Waals surface area contributed by atoms with Crippen LogP contribution in [0.5, 0.6) is 0 Å². The zero-order chi connectivity index (χ0) is 48.2. The fourth-order valence-electron chi connectivity index (χ4n) is 5.91. The Morgan fingerprint density at radius 1 is 0.484 bits per heavy atom. The number of carboxylic acid groups (broad SMARTS) is 1. The summed E-state index contributed by atoms with van der Waals surface area (Å²) >= 11 is 0. The third-order valence-electron chi connectivity index (χ3n) is 10.5. The summed E-state index contributed by atoms with van der Waals surface area (Å²) in [6, 6.07) is -8.80. The Labute approximate surface area is 365 Å². The van der Waals surface area contributed by atoms with Crippen LogP contribution in [-0.2, 0) is 43.2 Å². The molecular weight excluding hydrogens is 811 g/mol. The molecule has 0 aliphatic heterocycles. The van der Waals surface area contributed by atoms with Gasteiger partial charge in [0.25, 0.3) is 0 Å². The second-order valence-corrected chi connectivity index (χ2v) is 17.0. The lowest BCUT2D eigenvalue weighted by atomic mass is 9.96. The van der Waals surface area contributed by atoms with Crippen LogP contribution in [0.25, 0.3) is 0 Å². The maximum atomic E-state index is 13.7. The van der Waals surface area contributed by atoms with Crippen LogP contribution in [0, 0.1) is 29.6 Å². The highest BCUT2D eigenvalue weighted by molar-refractivity contribution is 5.97. The van der Waals surface area contributed by atoms with Crippen molar-refractivity contribution in [2.24, 2.45) is 35.3 Å². The highest BCUT2D eigenvalue weighted by Crippen LogP contribution is 2.13. The number of nitrogens with one attached hydrogen (secondary N) is 8. The smallest absolute Gasteiger partial charge is 0.326 e. The van der Waals surface area contributed by atoms with Crippen LogP contribution in [0.2, 0.25) is 0 Å². The largest absolute Gasteiger partial charge is 0.480 e. The number of carbonyl (C=O) groups is 9. The van der Waals surface area contributed by atoms with Gasteiger partial charge in [-0.1, -0.05) is 89.0 Å². The van der Waals surface area contributed by atoms with Crippen LogP contribution in [0.3, 0.4) is 0 Å². The molecule has 13 N–H and O–H groups in total. The molecule has 21 nitrogen and oxygen atoms in total. The van der Waals surface area contributed by atoms with Gasteiger partial charge >= 0.3 is 5.97 Å². The minimum absolute atomic E-state index is 0.0872. The van der Waals surface area contributed by atoms with Crippen molar-refractivity contribution in [2.45, 2.75) is 163 Å². The lowest BCUT2D eigenvalue weighted by Crippen LogP contribution is -2.61. The first-order valence-electron chi connectivity index (χ1n) is 21.4. The van der Waals surface area contributed by atoms with Crippen LogP contribution in [-0.4, -0.2) is 136 Å². The van der Waals surface area contributed by atoms with E-state index in [-0.39, 0.29) is 24.7 Å². The van der Waals surface area contributed by atoms with Crippen LogP contribution in [0.4, 0.5) is 0 Å². The Balaban J connectivity index is 5.87. The van der Waals surface area contributed by atoms with E-state index in [9.17, 15) is 58.5 Å². The van der Waals surface area contributed by atoms with Crippen LogP contribution >= 0.6 is 0 Å². The Morgan fingerprint density at radius 3 is 1.29 bits per heavy atom. The van der Waals surface area contributed by atoms with Crippen molar-refractivity contribution in [3.05, 3.63) is 0 Å². The molecular formula is C41H75N9O12. The number of carboxylic acids is 1. The second kappa shape index (κ2) is 27.9. The van der Waals surface area contributed by atoms with Crippen LogP contribution < -0.4 is 48.3 Å². The number of aliphatic hydroxyl groups excluding tert-OH is 2. The third-order valence-corrected chi connectivity index (χ3v) is 10.5. The fraction of sp³-hybridized carbons (Fsp3) is 0.780. The normalized spacial score (nSPS) is 16.7. The summed E-state index contributed by atoms with van der Waals surface area (Å²) in [5.41, 5.74) is 5.88. The van der Waals surface area contributed by atoms with E-state index >= 15 is 0 Å². The molecule has 356 valence electrons. The first-order chi connectivity index (χ1) is 28.7. The van der Waals surface area contributed by atoms with E-state index in [2.05, 4.69) is 42.5 Å². The maximum absolute atomic E-state index is 13.7. The van der Waals surface area contributed by atoms with Crippen molar-refractivity contribution in [2.75, 3.05) is 13.1 Å². The van der Waals surface area contributed by atoms with E-state index in [0.29, 0.717) is 12.8 Å². The van der Waals surface area contributed by atoms with Gasteiger partial charge in [0.15, 0.2) is 0 Å². The van der Waals surface area contributed by atoms with E-state index in [4.69, 9.17) is 5.73 Å². The van der Waals surface area contributed by atoms with Crippen molar-refractivity contribution in [1.29, 1.82) is 0 Å². The standard InChI is InChI=1S/C41H75N9O12/c1-13-22(10)31(46-27(53)18-44-38(58)34(26(52)15-3)50-36(56)29(42)20(6)7)37(57)43-17-28(54)47-32(23(11)14-2)39(59)45-25(16-19(4)5)35(55)49-33(24(12)51)40(60)48-30(21(8)9)41(61)62/h19-26,29-34,51-52H,13-18,42H2,1-12H3,(H,43,57)(H,44,58)(H,45,59)(H,46,53)(H,47,54)(H,48,60)(H,49,55)(H,50,56)(H,61,62). The average Bonchev–Trinajstić information content (AvgIpc) is 3.20. The molecule has 0 aliphatic carbocycles. The van der Waals surface area contributed by atoms with E-state index in [1.165, 1.54) is 6.92 Å². The van der Waals surface area contributed by atoms with E-state index in [1.54, 1.807) is 76.2 Å². The molecule has 0 aromatic carbocycles. The number of aliphatic carboxylic acids is 1. The minimum Gasteiger partial charge on any atom is -0.480 e. The molecule has 21 heteroatoms. The van der Waals surface area contributed by atoms with Gasteiger partial charge < -0.3 is 63.6 Å². The zero-order valence-corrected chi connectivity index (χ0v) is 38.4. The molecule has 8 amide bonds. The summed E-state index contributed by atoms with van der Waals surface area (Å²) in [5.74, 6) is -9.44. The highest BCUT2D eigenvalue weighted by atomic mass is 16.4. The molecule has 0 spiro atoms. The summed E-state index contributed by atoms with van der Waals surface area (Å²) in [6.45, 7) is 18.7. The van der Waals surface area contributed by atoms with Gasteiger partial charge in [-0.15, -0.1) is 0 Å². The molecule has 0 saturated carbocycles. The molecule has 0 heterocycles. The maximum Gasteiger partial charge on any atom is 0.326 e. The van der Waals surface area contributed by atoms with Crippen molar-refractivity contribution in [3.8, 4) is 0 Å². The molecule has 0 aliphatic rings. The molecule has 0 aromatic rings. The van der Waals surface area contributed by atoms with Gasteiger partial charge in [0.2, 0.25) is 47.3 Å². The molecule has 0 fully saturated rings. The topological polar surface area (TPSA) is 337 Å². The number of nitrogens with two attached hydrogens (primary N) is 1. The molecule has 0 aromatic heterocycles. The quantitative estimate of drug-likeness (QED) is 0.0411. The Morgan fingerprint density at radius 2 is 0.903 bits per heavy atom. The minimum atomic E-state index is -1.56. The lowest BCUT2D eigenvalue weighted by molar-refractivity contribution is -0.144. The SMILES string of the molecule is CCC(C)C(NC(=O)CNC(=O)C(NC(=O)C(N)C(C)C)C(O)CC)C(=O)NCC(=O)NC(C(=O)NC(CC(C)C)C(=O)NC(C(=O)NC(C(=O)O)C(C)C)C(C)O)C(C)CC. The molecule has 11 atom stereocenters. The Kier molecular flexibility index (Phi) is 25.7. The van der Waals surface area contributed by atoms with Crippen molar-refractivity contribution in [1.82, 2.24) is 42.5 Å². The fourth-order valence-corrected chi connectivity index (χ4v) is 5.91. The molecule has 0 rings (SSSR count). The monoisotopic (exact) mass is 886 g/mol. The summed E-state index contributed by atoms with van der Waals surface area (Å²) in [5, 5.41) is 50.0. The molecule has 0 radical (unpaired) electrons. The summed E-state index contributed by atoms with van der Waals surface area (Å²) in [7, 11) is 0. The highest BCUT2D eigenvalue weighted by Gasteiger charge is 2.36. The first kappa shape index (κ1) is 57.1. The number of hydrogen-bond acceptors (Lipinski definition) is 12. The summed E-state index contributed by atoms with van der Waals surface area (Å²) in [6.07, 6.45) is -1.70. The molecule has 0 bridgehead atoms. The van der Waals surface area contributed by atoms with E-state index < -0.39 is 139 Å². The van der Waals surface area contributed by atoms with Gasteiger partial charge in [-0.2, -0.15) is 0 Å². The molecule has 62 heavy (non-hydrogen) atoms. The zero-order valence-electron chi connectivity index (χ0n) is 38.4. The van der Waals surface area contributed by atoms with Gasteiger partial charge in [0.05, 0.1) is 31.3 Å². The number of rotatable bonds is 28. The summed E-state index contributed by atoms with van der Waals surface area (Å²) in [4.78, 5) is 117. The first-order valence-corrected chi connectivity index (χ1v) is 21.4. The molecule has 0 saturated heterocycles. The Bertz CT molecular complexity index is 1530. The van der Waals surface area contributed by atoms with Gasteiger partial charge in [-0.25, -0.2) is 4.79 Å². The Hall–Kier alpha value is -4.89. The molecule has 11 unspecified atom stereocenters. The summed E-state index contributed by atoms with van der Waals surface area (Å²) < 4.78 is 0. The van der Waals surface area contributed by atoms with Crippen molar-refractivity contribution in [3.63, 3.8) is 0 Å². The number of carbonyl (C=O) groups excluding carboxylic acids is 8. The third kappa shape index (κ3) is 19.4. The average molecular weight is 886 g/mol. The van der Waals surface area contributed by atoms with E-state index in [0.717, 1.165) is 0 Å². The van der Waals surface area contributed by atoms with Gasteiger partial charge in [0.1, 0.15) is 36.3 Å². The van der Waals surface area contributed by atoms with E-state index in [1.807, 2.05) is 0 Å². The number of hydrogen-bond donors (Lipinski definition) is 12. The van der Waals surface area contributed by atoms with Gasteiger partial charge in [-0.3, -0.25) is 38.4 Å². The van der Waals surface area contributed by atoms with Gasteiger partial charge in [-0.05, 0) is 49.4 Å². The lowest BCUT2D eigenvalue weighted by Gasteiger charge is -2.29. The number of aliphatic hydroxyl groups is 2. The van der Waals surface area contributed by atoms with Crippen LogP contribution in [0.15, 0.2) is 0 Å². The van der Waals surface area contributed by atoms with Crippen LogP contribution in [0.1, 0.15) is 109 Å². The van der Waals surface area contributed by atoms with Crippen molar-refractivity contribution >= 4 is 53.2 Å². The second-order valence-electron chi connectivity index (χ2n) is 17.0. The van der Waals surface area contributed by atoms with Gasteiger partial charge in [0, 0.05) is 0 Å². The van der Waals surface area contributed by atoms with Crippen molar-refractivity contribution < 1.29 is 58.5 Å². The number of amides is 8. The predicted molar refractivity (Wildman–Crippen MR) is 229 cm³/mol. The predicted octanol–water partition coefficient (Wildman–Crippen LogP) is -1.86.